The lowest BCUT2D eigenvalue weighted by atomic mass is 9.44. The number of Topliss-reactive ketones (excluding diaryl/α,β-unsaturated/α-hetero) is 1. The normalized spacial score (nSPS) is 52.5. The Balaban J connectivity index is 1.84. The molecule has 4 rings (SSSR count). The van der Waals surface area contributed by atoms with Crippen LogP contribution in [0.2, 0.25) is 0 Å². The van der Waals surface area contributed by atoms with E-state index in [2.05, 4.69) is 0 Å². The molecule has 2 N–H and O–H groups in total. The number of allylic oxidation sites excluding steroid dienone is 4. The summed E-state index contributed by atoms with van der Waals surface area (Å²) in [6, 6.07) is 0. The van der Waals surface area contributed by atoms with Gasteiger partial charge < -0.3 is 10.2 Å². The van der Waals surface area contributed by atoms with Crippen LogP contribution in [0.15, 0.2) is 23.8 Å². The molecular formula is C22H28ClFO4. The van der Waals surface area contributed by atoms with Crippen LogP contribution in [-0.4, -0.2) is 45.0 Å². The maximum Gasteiger partial charge on any atom is 0.179 e. The highest BCUT2D eigenvalue weighted by atomic mass is 35.5. The molecule has 4 nitrogen and oxygen atoms in total. The van der Waals surface area contributed by atoms with Crippen LogP contribution in [0.4, 0.5) is 4.39 Å². The van der Waals surface area contributed by atoms with Crippen molar-refractivity contribution in [3.05, 3.63) is 23.8 Å². The first-order valence-electron chi connectivity index (χ1n) is 10.1. The van der Waals surface area contributed by atoms with E-state index < -0.39 is 39.9 Å². The largest absolute Gasteiger partial charge is 0.390 e. The van der Waals surface area contributed by atoms with Gasteiger partial charge in [-0.25, -0.2) is 4.39 Å². The van der Waals surface area contributed by atoms with Crippen LogP contribution in [0.3, 0.4) is 0 Å². The van der Waals surface area contributed by atoms with Crippen molar-refractivity contribution in [3.63, 3.8) is 0 Å². The monoisotopic (exact) mass is 410 g/mol. The van der Waals surface area contributed by atoms with Crippen LogP contribution >= 0.6 is 11.6 Å². The van der Waals surface area contributed by atoms with Gasteiger partial charge in [0.05, 0.1) is 12.0 Å². The molecule has 0 heterocycles. The first-order valence-corrected chi connectivity index (χ1v) is 10.6. The summed E-state index contributed by atoms with van der Waals surface area (Å²) in [6.07, 6.45) is 4.69. The van der Waals surface area contributed by atoms with Crippen molar-refractivity contribution < 1.29 is 24.2 Å². The van der Waals surface area contributed by atoms with Crippen LogP contribution in [0.25, 0.3) is 0 Å². The standard InChI is InChI=1S/C22H28ClFO4/c1-12-8-16-15-5-4-13-9-14(25)6-7-19(13,2)21(15,24)17(26)10-20(16,3)22(12,28)18(27)11-23/h6-7,9,12,15-17,26,28H,4-5,8,10-11H2,1-3H3/t12-,15+,16+,17+,19+,20+,21+,22+/m1/s1. The quantitative estimate of drug-likeness (QED) is 0.686. The van der Waals surface area contributed by atoms with E-state index in [1.807, 2.05) is 13.8 Å². The second kappa shape index (κ2) is 5.99. The molecule has 0 radical (unpaired) electrons. The van der Waals surface area contributed by atoms with Crippen LogP contribution in [-0.2, 0) is 9.59 Å². The second-order valence-electron chi connectivity index (χ2n) is 9.72. The molecule has 8 atom stereocenters. The maximum atomic E-state index is 16.9. The van der Waals surface area contributed by atoms with E-state index in [4.69, 9.17) is 11.6 Å². The van der Waals surface area contributed by atoms with Gasteiger partial charge in [-0.3, -0.25) is 9.59 Å². The predicted octanol–water partition coefficient (Wildman–Crippen LogP) is 3.14. The average molecular weight is 411 g/mol. The van der Waals surface area contributed by atoms with Gasteiger partial charge in [-0.1, -0.05) is 25.5 Å². The summed E-state index contributed by atoms with van der Waals surface area (Å²) < 4.78 is 16.9. The van der Waals surface area contributed by atoms with Crippen molar-refractivity contribution in [2.24, 2.45) is 28.6 Å². The van der Waals surface area contributed by atoms with Gasteiger partial charge in [0.25, 0.3) is 0 Å². The predicted molar refractivity (Wildman–Crippen MR) is 104 cm³/mol. The van der Waals surface area contributed by atoms with Crippen molar-refractivity contribution in [3.8, 4) is 0 Å². The lowest BCUT2D eigenvalue weighted by molar-refractivity contribution is -0.218. The number of carbonyl (C=O) groups is 2. The minimum absolute atomic E-state index is 0.0151. The van der Waals surface area contributed by atoms with Gasteiger partial charge in [0.1, 0.15) is 5.60 Å². The molecular weight excluding hydrogens is 383 g/mol. The minimum Gasteiger partial charge on any atom is -0.390 e. The summed E-state index contributed by atoms with van der Waals surface area (Å²) in [4.78, 5) is 24.5. The molecule has 154 valence electrons. The number of hydrogen-bond donors (Lipinski definition) is 2. The van der Waals surface area contributed by atoms with Crippen LogP contribution in [0, 0.1) is 28.6 Å². The molecule has 0 saturated heterocycles. The third-order valence-electron chi connectivity index (χ3n) is 8.77. The van der Waals surface area contributed by atoms with E-state index in [-0.39, 0.29) is 29.9 Å². The fourth-order valence-corrected chi connectivity index (χ4v) is 7.45. The SMILES string of the molecule is C[C@@H]1C[C@H]2[C@@H]3CCC4=CC(=O)C=C[C@]4(C)[C@@]3(F)[C@@H](O)C[C@]2(C)[C@@]1(O)C(=O)CCl. The molecule has 0 aromatic heterocycles. The Morgan fingerprint density at radius 2 is 2.04 bits per heavy atom. The van der Waals surface area contributed by atoms with E-state index in [9.17, 15) is 19.8 Å². The molecule has 4 aliphatic rings. The van der Waals surface area contributed by atoms with Gasteiger partial charge in [0.15, 0.2) is 17.2 Å². The van der Waals surface area contributed by atoms with Gasteiger partial charge in [0, 0.05) is 16.7 Å². The number of alkyl halides is 2. The van der Waals surface area contributed by atoms with Crippen LogP contribution in [0.5, 0.6) is 0 Å². The maximum absolute atomic E-state index is 16.9. The first-order chi connectivity index (χ1) is 13.0. The summed E-state index contributed by atoms with van der Waals surface area (Å²) in [5.41, 5.74) is -4.90. The highest BCUT2D eigenvalue weighted by Gasteiger charge is 2.75. The average Bonchev–Trinajstić information content (AvgIpc) is 2.84. The van der Waals surface area contributed by atoms with Gasteiger partial charge in [-0.05, 0) is 56.6 Å². The molecule has 3 saturated carbocycles. The number of aliphatic hydroxyl groups excluding tert-OH is 1. The summed E-state index contributed by atoms with van der Waals surface area (Å²) in [7, 11) is 0. The smallest absolute Gasteiger partial charge is 0.179 e. The second-order valence-corrected chi connectivity index (χ2v) is 9.99. The molecule has 0 bridgehead atoms. The van der Waals surface area contributed by atoms with Crippen LogP contribution in [0.1, 0.15) is 46.5 Å². The fraction of sp³-hybridized carbons (Fsp3) is 0.727. The molecule has 3 fully saturated rings. The van der Waals surface area contributed by atoms with Gasteiger partial charge in [-0.2, -0.15) is 0 Å². The Morgan fingerprint density at radius 3 is 2.68 bits per heavy atom. The van der Waals surface area contributed by atoms with Crippen molar-refractivity contribution in [2.45, 2.75) is 63.8 Å². The lowest BCUT2D eigenvalue weighted by Gasteiger charge is -2.62. The van der Waals surface area contributed by atoms with E-state index in [0.717, 1.165) is 5.57 Å². The molecule has 0 unspecified atom stereocenters. The third-order valence-corrected chi connectivity index (χ3v) is 9.01. The van der Waals surface area contributed by atoms with Crippen molar-refractivity contribution >= 4 is 23.2 Å². The summed E-state index contributed by atoms with van der Waals surface area (Å²) in [5.74, 6) is -2.03. The van der Waals surface area contributed by atoms with Crippen molar-refractivity contribution in [1.29, 1.82) is 0 Å². The Morgan fingerprint density at radius 1 is 1.36 bits per heavy atom. The third kappa shape index (κ3) is 2.08. The zero-order valence-corrected chi connectivity index (χ0v) is 17.3. The summed E-state index contributed by atoms with van der Waals surface area (Å²) >= 11 is 5.81. The van der Waals surface area contributed by atoms with E-state index in [1.54, 1.807) is 13.0 Å². The van der Waals surface area contributed by atoms with E-state index >= 15 is 4.39 Å². The Hall–Kier alpha value is -1.04. The molecule has 0 aromatic carbocycles. The lowest BCUT2D eigenvalue weighted by Crippen LogP contribution is -2.69. The zero-order valence-electron chi connectivity index (χ0n) is 16.5. The molecule has 0 amide bonds. The number of carbonyl (C=O) groups excluding carboxylic acids is 2. The number of aliphatic hydroxyl groups is 2. The zero-order chi connectivity index (χ0) is 20.7. The Bertz CT molecular complexity index is 808. The summed E-state index contributed by atoms with van der Waals surface area (Å²) in [5, 5.41) is 22.6. The Kier molecular flexibility index (Phi) is 4.33. The van der Waals surface area contributed by atoms with E-state index in [1.165, 1.54) is 12.2 Å². The van der Waals surface area contributed by atoms with Gasteiger partial charge in [-0.15, -0.1) is 11.6 Å². The topological polar surface area (TPSA) is 74.6 Å². The highest BCUT2D eigenvalue weighted by molar-refractivity contribution is 6.29. The molecule has 4 aliphatic carbocycles. The minimum atomic E-state index is -1.95. The number of ketones is 2. The summed E-state index contributed by atoms with van der Waals surface area (Å²) in [6.45, 7) is 5.38. The molecule has 28 heavy (non-hydrogen) atoms. The van der Waals surface area contributed by atoms with Gasteiger partial charge in [0.2, 0.25) is 0 Å². The first kappa shape index (κ1) is 20.2. The van der Waals surface area contributed by atoms with Gasteiger partial charge >= 0.3 is 0 Å². The Labute approximate surface area is 169 Å². The number of halogens is 2. The number of hydrogen-bond acceptors (Lipinski definition) is 4. The van der Waals surface area contributed by atoms with Crippen molar-refractivity contribution in [2.75, 3.05) is 5.88 Å². The fourth-order valence-electron chi connectivity index (χ4n) is 7.24. The molecule has 0 spiro atoms. The van der Waals surface area contributed by atoms with Crippen molar-refractivity contribution in [1.82, 2.24) is 0 Å². The molecule has 0 aliphatic heterocycles. The number of rotatable bonds is 2. The molecule has 6 heteroatoms. The van der Waals surface area contributed by atoms with Crippen LogP contribution < -0.4 is 0 Å². The highest BCUT2D eigenvalue weighted by Crippen LogP contribution is 2.70. The molecule has 0 aromatic rings. The van der Waals surface area contributed by atoms with E-state index in [0.29, 0.717) is 19.3 Å². The number of fused-ring (bicyclic) bond motifs is 5.